The van der Waals surface area contributed by atoms with Crippen molar-refractivity contribution in [2.75, 3.05) is 0 Å². The van der Waals surface area contributed by atoms with Gasteiger partial charge in [-0.05, 0) is 60.7 Å². The molecule has 0 atom stereocenters. The molecule has 5 heterocycles. The Bertz CT molecular complexity index is 3810. The van der Waals surface area contributed by atoms with Crippen molar-refractivity contribution in [1.82, 2.24) is 19.5 Å². The molecule has 0 unspecified atom stereocenters. The smallest absolute Gasteiger partial charge is 0.164 e. The third kappa shape index (κ3) is 4.41. The van der Waals surface area contributed by atoms with Crippen LogP contribution >= 0.6 is 0 Å². The lowest BCUT2D eigenvalue weighted by molar-refractivity contribution is 0.668. The molecule has 0 amide bonds. The van der Waals surface area contributed by atoms with Gasteiger partial charge in [0.05, 0.1) is 11.0 Å². The van der Waals surface area contributed by atoms with Gasteiger partial charge < -0.3 is 17.8 Å². The van der Waals surface area contributed by atoms with Gasteiger partial charge in [-0.1, -0.05) is 109 Å². The minimum absolute atomic E-state index is 0.554. The molecular formula is C51H28N4O3. The zero-order valence-electron chi connectivity index (χ0n) is 30.7. The largest absolute Gasteiger partial charge is 0.456 e. The van der Waals surface area contributed by atoms with Gasteiger partial charge in [0.25, 0.3) is 0 Å². The van der Waals surface area contributed by atoms with E-state index in [-0.39, 0.29) is 0 Å². The highest BCUT2D eigenvalue weighted by molar-refractivity contribution is 6.27. The first kappa shape index (κ1) is 31.2. The van der Waals surface area contributed by atoms with Gasteiger partial charge in [0.15, 0.2) is 17.5 Å². The van der Waals surface area contributed by atoms with E-state index in [4.69, 9.17) is 28.2 Å². The molecule has 13 aromatic rings. The van der Waals surface area contributed by atoms with Crippen LogP contribution in [0.2, 0.25) is 0 Å². The average Bonchev–Trinajstić information content (AvgIpc) is 4.05. The Morgan fingerprint density at radius 3 is 1.55 bits per heavy atom. The van der Waals surface area contributed by atoms with Gasteiger partial charge in [-0.25, -0.2) is 15.0 Å². The summed E-state index contributed by atoms with van der Waals surface area (Å²) < 4.78 is 21.5. The van der Waals surface area contributed by atoms with Crippen LogP contribution in [0.5, 0.6) is 0 Å². The summed E-state index contributed by atoms with van der Waals surface area (Å²) in [5.74, 6) is 1.70. The van der Waals surface area contributed by atoms with Crippen LogP contribution in [0.3, 0.4) is 0 Å². The fourth-order valence-corrected chi connectivity index (χ4v) is 8.99. The first-order valence-electron chi connectivity index (χ1n) is 19.3. The van der Waals surface area contributed by atoms with Gasteiger partial charge in [0.2, 0.25) is 0 Å². The number of hydrogen-bond acceptors (Lipinski definition) is 6. The minimum atomic E-state index is 0.554. The van der Waals surface area contributed by atoms with Crippen molar-refractivity contribution in [2.45, 2.75) is 0 Å². The Kier molecular flexibility index (Phi) is 6.32. The number of furan rings is 3. The summed E-state index contributed by atoms with van der Waals surface area (Å²) in [5.41, 5.74) is 10.7. The van der Waals surface area contributed by atoms with Gasteiger partial charge in [0.1, 0.15) is 33.5 Å². The molecule has 8 aromatic carbocycles. The van der Waals surface area contributed by atoms with E-state index in [9.17, 15) is 0 Å². The van der Waals surface area contributed by atoms with Gasteiger partial charge in [-0.3, -0.25) is 0 Å². The zero-order valence-corrected chi connectivity index (χ0v) is 30.7. The Labute approximate surface area is 329 Å². The van der Waals surface area contributed by atoms with Crippen molar-refractivity contribution in [2.24, 2.45) is 0 Å². The SMILES string of the molecule is c1ccc(-c2nc(-c3cccc4oc5ccccc5c34)nc(-c3cccc4oc5ccc(-n6c7ccccc7c7c8c(ccc76)oc6ccccc68)cc5c34)n2)cc1. The highest BCUT2D eigenvalue weighted by Crippen LogP contribution is 2.43. The maximum Gasteiger partial charge on any atom is 0.164 e. The summed E-state index contributed by atoms with van der Waals surface area (Å²) >= 11 is 0. The molecule has 0 N–H and O–H groups in total. The molecule has 7 nitrogen and oxygen atoms in total. The van der Waals surface area contributed by atoms with Crippen LogP contribution in [0, 0.1) is 0 Å². The molecule has 0 aliphatic rings. The molecule has 0 radical (unpaired) electrons. The quantitative estimate of drug-likeness (QED) is 0.178. The lowest BCUT2D eigenvalue weighted by Crippen LogP contribution is -2.00. The standard InChI is InChI=1S/C51H28N4O3/c1-2-12-29(13-3-1)49-52-50(34-17-10-22-42-45(34)32-15-5-8-20-39(32)56-42)54-51(53-49)35-18-11-23-43-46(35)36-28-30(24-26-41(36)58-43)55-37-19-7-4-14-31(37)47-38(55)25-27-44-48(47)33-16-6-9-21-40(33)57-44/h1-28H. The molecular weight excluding hydrogens is 717 g/mol. The maximum absolute atomic E-state index is 6.58. The molecule has 0 fully saturated rings. The predicted molar refractivity (Wildman–Crippen MR) is 232 cm³/mol. The fourth-order valence-electron chi connectivity index (χ4n) is 8.99. The van der Waals surface area contributed by atoms with Crippen LogP contribution in [0.1, 0.15) is 0 Å². The molecule has 7 heteroatoms. The maximum atomic E-state index is 6.58. The second-order valence-corrected chi connectivity index (χ2v) is 14.7. The Balaban J connectivity index is 1.07. The first-order chi connectivity index (χ1) is 28.7. The van der Waals surface area contributed by atoms with E-state index in [2.05, 4.69) is 89.5 Å². The van der Waals surface area contributed by atoms with Gasteiger partial charge in [-0.15, -0.1) is 0 Å². The van der Waals surface area contributed by atoms with E-state index in [1.165, 1.54) is 10.8 Å². The number of benzene rings is 8. The minimum Gasteiger partial charge on any atom is -0.456 e. The summed E-state index contributed by atoms with van der Waals surface area (Å²) in [7, 11) is 0. The Hall–Kier alpha value is -8.03. The van der Waals surface area contributed by atoms with Crippen molar-refractivity contribution in [3.63, 3.8) is 0 Å². The number of aromatic nitrogens is 4. The molecule has 0 aliphatic carbocycles. The number of fused-ring (bicyclic) bond motifs is 13. The third-order valence-electron chi connectivity index (χ3n) is 11.5. The zero-order chi connectivity index (χ0) is 37.9. The van der Waals surface area contributed by atoms with E-state index < -0.39 is 0 Å². The molecule has 0 aliphatic heterocycles. The summed E-state index contributed by atoms with van der Waals surface area (Å²) in [5, 5.41) is 8.45. The molecule has 13 rings (SSSR count). The fraction of sp³-hybridized carbons (Fsp3) is 0. The molecule has 5 aromatic heterocycles. The van der Waals surface area contributed by atoms with Gasteiger partial charge in [-0.2, -0.15) is 0 Å². The van der Waals surface area contributed by atoms with E-state index >= 15 is 0 Å². The van der Waals surface area contributed by atoms with Crippen LogP contribution in [-0.4, -0.2) is 19.5 Å². The molecule has 58 heavy (non-hydrogen) atoms. The van der Waals surface area contributed by atoms with Crippen LogP contribution in [0.25, 0.3) is 127 Å². The highest BCUT2D eigenvalue weighted by atomic mass is 16.3. The van der Waals surface area contributed by atoms with Crippen molar-refractivity contribution in [3.8, 4) is 39.9 Å². The molecule has 0 saturated heterocycles. The first-order valence-corrected chi connectivity index (χ1v) is 19.3. The van der Waals surface area contributed by atoms with Gasteiger partial charge >= 0.3 is 0 Å². The van der Waals surface area contributed by atoms with Crippen LogP contribution in [0.4, 0.5) is 0 Å². The van der Waals surface area contributed by atoms with E-state index in [0.29, 0.717) is 17.5 Å². The highest BCUT2D eigenvalue weighted by Gasteiger charge is 2.22. The number of rotatable bonds is 4. The molecule has 0 spiro atoms. The lowest BCUT2D eigenvalue weighted by Gasteiger charge is -2.10. The normalized spacial score (nSPS) is 12.1. The van der Waals surface area contributed by atoms with E-state index in [0.717, 1.165) is 99.2 Å². The van der Waals surface area contributed by atoms with Crippen molar-refractivity contribution in [3.05, 3.63) is 170 Å². The topological polar surface area (TPSA) is 83.0 Å². The molecule has 0 bridgehead atoms. The van der Waals surface area contributed by atoms with E-state index in [1.54, 1.807) is 0 Å². The van der Waals surface area contributed by atoms with Gasteiger partial charge in [0, 0.05) is 65.5 Å². The second-order valence-electron chi connectivity index (χ2n) is 14.7. The Morgan fingerprint density at radius 2 is 0.845 bits per heavy atom. The summed E-state index contributed by atoms with van der Waals surface area (Å²) in [6.45, 7) is 0. The lowest BCUT2D eigenvalue weighted by atomic mass is 10.0. The van der Waals surface area contributed by atoms with Crippen LogP contribution < -0.4 is 0 Å². The Morgan fingerprint density at radius 1 is 0.328 bits per heavy atom. The number of hydrogen-bond donors (Lipinski definition) is 0. The number of nitrogens with zero attached hydrogens (tertiary/aromatic N) is 4. The third-order valence-corrected chi connectivity index (χ3v) is 11.5. The van der Waals surface area contributed by atoms with Crippen LogP contribution in [0.15, 0.2) is 183 Å². The molecule has 0 saturated carbocycles. The number of para-hydroxylation sites is 3. The summed E-state index contributed by atoms with van der Waals surface area (Å²) in [6.07, 6.45) is 0. The van der Waals surface area contributed by atoms with Crippen molar-refractivity contribution < 1.29 is 13.3 Å². The summed E-state index contributed by atoms with van der Waals surface area (Å²) in [6, 6.07) is 57.9. The average molecular weight is 745 g/mol. The monoisotopic (exact) mass is 744 g/mol. The van der Waals surface area contributed by atoms with Crippen molar-refractivity contribution in [1.29, 1.82) is 0 Å². The predicted octanol–water partition coefficient (Wildman–Crippen LogP) is 13.7. The summed E-state index contributed by atoms with van der Waals surface area (Å²) in [4.78, 5) is 15.5. The van der Waals surface area contributed by atoms with E-state index in [1.807, 2.05) is 84.9 Å². The van der Waals surface area contributed by atoms with Crippen molar-refractivity contribution >= 4 is 87.6 Å². The second kappa shape index (κ2) is 11.7. The van der Waals surface area contributed by atoms with Crippen LogP contribution in [-0.2, 0) is 0 Å². The molecule has 270 valence electrons.